The van der Waals surface area contributed by atoms with Crippen LogP contribution >= 0.6 is 0 Å². The number of likely N-dealkylation sites (tertiary alicyclic amines) is 1. The molecule has 15 heavy (non-hydrogen) atoms. The maximum atomic E-state index is 12.1. The molecule has 2 rings (SSSR count). The van der Waals surface area contributed by atoms with Gasteiger partial charge in [0.15, 0.2) is 0 Å². The van der Waals surface area contributed by atoms with Crippen LogP contribution in [0.2, 0.25) is 0 Å². The van der Waals surface area contributed by atoms with Gasteiger partial charge in [0.1, 0.15) is 6.04 Å². The average molecular weight is 207 g/mol. The number of carbonyl (C=O) groups is 1. The van der Waals surface area contributed by atoms with E-state index in [2.05, 4.69) is 18.3 Å². The van der Waals surface area contributed by atoms with Crippen LogP contribution in [-0.4, -0.2) is 35.5 Å². The third kappa shape index (κ3) is 1.98. The topological polar surface area (TPSA) is 56.1 Å². The van der Waals surface area contributed by atoms with E-state index in [0.717, 1.165) is 32.2 Å². The third-order valence-corrected chi connectivity index (χ3v) is 3.36. The Labute approximate surface area is 90.2 Å². The normalized spacial score (nSPS) is 35.5. The van der Waals surface area contributed by atoms with Crippen molar-refractivity contribution in [1.29, 1.82) is 5.26 Å². The molecule has 2 aliphatic heterocycles. The second-order valence-electron chi connectivity index (χ2n) is 4.52. The van der Waals surface area contributed by atoms with Crippen molar-refractivity contribution in [3.05, 3.63) is 0 Å². The van der Waals surface area contributed by atoms with Crippen LogP contribution in [0.4, 0.5) is 0 Å². The molecule has 1 N–H and O–H groups in total. The smallest absolute Gasteiger partial charge is 0.240 e. The molecule has 0 bridgehead atoms. The quantitative estimate of drug-likeness (QED) is 0.686. The van der Waals surface area contributed by atoms with Crippen molar-refractivity contribution in [2.75, 3.05) is 6.54 Å². The lowest BCUT2D eigenvalue weighted by Gasteiger charge is -2.23. The highest BCUT2D eigenvalue weighted by molar-refractivity contribution is 5.83. The van der Waals surface area contributed by atoms with E-state index < -0.39 is 0 Å². The Hall–Kier alpha value is -1.08. The Morgan fingerprint density at radius 2 is 2.27 bits per heavy atom. The zero-order chi connectivity index (χ0) is 10.8. The summed E-state index contributed by atoms with van der Waals surface area (Å²) in [7, 11) is 0. The summed E-state index contributed by atoms with van der Waals surface area (Å²) in [4.78, 5) is 13.8. The van der Waals surface area contributed by atoms with Crippen LogP contribution in [0.25, 0.3) is 0 Å². The van der Waals surface area contributed by atoms with Gasteiger partial charge in [-0.3, -0.25) is 4.79 Å². The van der Waals surface area contributed by atoms with E-state index in [-0.39, 0.29) is 18.0 Å². The fraction of sp³-hybridized carbons (Fsp3) is 0.818. The lowest BCUT2D eigenvalue weighted by Crippen LogP contribution is -2.46. The van der Waals surface area contributed by atoms with Crippen LogP contribution in [-0.2, 0) is 4.79 Å². The summed E-state index contributed by atoms with van der Waals surface area (Å²) in [5.74, 6) is 0.128. The summed E-state index contributed by atoms with van der Waals surface area (Å²) >= 11 is 0. The minimum Gasteiger partial charge on any atom is -0.325 e. The van der Waals surface area contributed by atoms with Gasteiger partial charge in [-0.2, -0.15) is 5.26 Å². The standard InChI is InChI=1S/C11H17N3O/c1-8-4-5-10(13-8)11(15)14-6-2-3-9(14)7-12/h8-10,13H,2-6H2,1H3/t8-,9-,10?/m0/s1. The second kappa shape index (κ2) is 4.19. The fourth-order valence-corrected chi connectivity index (χ4v) is 2.49. The highest BCUT2D eigenvalue weighted by atomic mass is 16.2. The molecule has 1 amide bonds. The van der Waals surface area contributed by atoms with Gasteiger partial charge in [0.25, 0.3) is 0 Å². The molecule has 0 radical (unpaired) electrons. The molecule has 2 saturated heterocycles. The van der Waals surface area contributed by atoms with Crippen molar-refractivity contribution in [2.45, 2.75) is 50.7 Å². The summed E-state index contributed by atoms with van der Waals surface area (Å²) < 4.78 is 0. The number of nitrogens with zero attached hydrogens (tertiary/aromatic N) is 2. The first-order valence-electron chi connectivity index (χ1n) is 5.68. The Bertz CT molecular complexity index is 297. The van der Waals surface area contributed by atoms with Gasteiger partial charge >= 0.3 is 0 Å². The molecule has 1 unspecified atom stereocenters. The maximum absolute atomic E-state index is 12.1. The Kier molecular flexibility index (Phi) is 2.92. The summed E-state index contributed by atoms with van der Waals surface area (Å²) in [6.45, 7) is 2.85. The predicted molar refractivity (Wildman–Crippen MR) is 56.0 cm³/mol. The number of nitrogens with one attached hydrogen (secondary N) is 1. The molecule has 2 aliphatic rings. The zero-order valence-corrected chi connectivity index (χ0v) is 9.07. The van der Waals surface area contributed by atoms with Gasteiger partial charge in [0.2, 0.25) is 5.91 Å². The van der Waals surface area contributed by atoms with E-state index in [1.807, 2.05) is 0 Å². The van der Waals surface area contributed by atoms with Gasteiger partial charge in [0, 0.05) is 12.6 Å². The highest BCUT2D eigenvalue weighted by Crippen LogP contribution is 2.21. The Balaban J connectivity index is 1.99. The summed E-state index contributed by atoms with van der Waals surface area (Å²) in [6, 6.07) is 2.41. The van der Waals surface area contributed by atoms with Gasteiger partial charge < -0.3 is 10.2 Å². The zero-order valence-electron chi connectivity index (χ0n) is 9.07. The van der Waals surface area contributed by atoms with Gasteiger partial charge in [-0.1, -0.05) is 0 Å². The van der Waals surface area contributed by atoms with Crippen LogP contribution in [0.15, 0.2) is 0 Å². The molecule has 2 fully saturated rings. The van der Waals surface area contributed by atoms with Crippen molar-refractivity contribution >= 4 is 5.91 Å². The molecule has 0 spiro atoms. The van der Waals surface area contributed by atoms with Gasteiger partial charge in [-0.15, -0.1) is 0 Å². The molecule has 2 heterocycles. The fourth-order valence-electron chi connectivity index (χ4n) is 2.49. The van der Waals surface area contributed by atoms with Gasteiger partial charge in [0.05, 0.1) is 12.1 Å². The molecule has 82 valence electrons. The first-order chi connectivity index (χ1) is 7.22. The molecule has 3 atom stereocenters. The molecule has 0 aromatic rings. The number of amides is 1. The molecule has 0 aromatic carbocycles. The van der Waals surface area contributed by atoms with E-state index in [0.29, 0.717) is 6.04 Å². The average Bonchev–Trinajstić information content (AvgIpc) is 2.84. The van der Waals surface area contributed by atoms with Gasteiger partial charge in [-0.25, -0.2) is 0 Å². The minimum absolute atomic E-state index is 0.0473. The lowest BCUT2D eigenvalue weighted by molar-refractivity contribution is -0.133. The lowest BCUT2D eigenvalue weighted by atomic mass is 10.1. The predicted octanol–water partition coefficient (Wildman–Crippen LogP) is 0.641. The van der Waals surface area contributed by atoms with E-state index in [4.69, 9.17) is 5.26 Å². The monoisotopic (exact) mass is 207 g/mol. The second-order valence-corrected chi connectivity index (χ2v) is 4.52. The summed E-state index contributed by atoms with van der Waals surface area (Å²) in [5.41, 5.74) is 0. The van der Waals surface area contributed by atoms with Crippen molar-refractivity contribution in [1.82, 2.24) is 10.2 Å². The number of nitriles is 1. The summed E-state index contributed by atoms with van der Waals surface area (Å²) in [6.07, 6.45) is 3.77. The number of carbonyl (C=O) groups excluding carboxylic acids is 1. The van der Waals surface area contributed by atoms with Crippen LogP contribution in [0.1, 0.15) is 32.6 Å². The van der Waals surface area contributed by atoms with E-state index in [1.54, 1.807) is 4.90 Å². The highest BCUT2D eigenvalue weighted by Gasteiger charge is 2.35. The molecule has 0 aliphatic carbocycles. The number of rotatable bonds is 1. The molecule has 4 nitrogen and oxygen atoms in total. The number of hydrogen-bond acceptors (Lipinski definition) is 3. The van der Waals surface area contributed by atoms with Crippen molar-refractivity contribution in [2.24, 2.45) is 0 Å². The number of hydrogen-bond donors (Lipinski definition) is 1. The minimum atomic E-state index is -0.185. The maximum Gasteiger partial charge on any atom is 0.240 e. The Morgan fingerprint density at radius 1 is 1.47 bits per heavy atom. The molecule has 0 saturated carbocycles. The molecule has 4 heteroatoms. The van der Waals surface area contributed by atoms with E-state index >= 15 is 0 Å². The Morgan fingerprint density at radius 3 is 2.87 bits per heavy atom. The molecular formula is C11H17N3O. The first-order valence-corrected chi connectivity index (χ1v) is 5.68. The van der Waals surface area contributed by atoms with Crippen molar-refractivity contribution in [3.63, 3.8) is 0 Å². The van der Waals surface area contributed by atoms with E-state index in [9.17, 15) is 4.79 Å². The van der Waals surface area contributed by atoms with Crippen LogP contribution in [0, 0.1) is 11.3 Å². The van der Waals surface area contributed by atoms with Crippen molar-refractivity contribution in [3.8, 4) is 6.07 Å². The third-order valence-electron chi connectivity index (χ3n) is 3.36. The molecular weight excluding hydrogens is 190 g/mol. The first kappa shape index (κ1) is 10.4. The van der Waals surface area contributed by atoms with Crippen LogP contribution in [0.5, 0.6) is 0 Å². The largest absolute Gasteiger partial charge is 0.325 e. The van der Waals surface area contributed by atoms with E-state index in [1.165, 1.54) is 0 Å². The SMILES string of the molecule is C[C@H]1CCC(C(=O)N2CCC[C@H]2C#N)N1. The molecule has 0 aromatic heterocycles. The van der Waals surface area contributed by atoms with Gasteiger partial charge in [-0.05, 0) is 32.6 Å². The van der Waals surface area contributed by atoms with Crippen LogP contribution < -0.4 is 5.32 Å². The summed E-state index contributed by atoms with van der Waals surface area (Å²) in [5, 5.41) is 12.2. The van der Waals surface area contributed by atoms with Crippen molar-refractivity contribution < 1.29 is 4.79 Å². The van der Waals surface area contributed by atoms with Crippen LogP contribution in [0.3, 0.4) is 0 Å².